The Labute approximate surface area is 116 Å². The van der Waals surface area contributed by atoms with Crippen LogP contribution in [0.5, 0.6) is 0 Å². The minimum absolute atomic E-state index is 0.0301. The zero-order valence-electron chi connectivity index (χ0n) is 10.4. The molecule has 0 aromatic heterocycles. The molecule has 0 spiro atoms. The molecule has 4 nitrogen and oxygen atoms in total. The molecule has 2 rings (SSSR count). The summed E-state index contributed by atoms with van der Waals surface area (Å²) >= 11 is 0. The van der Waals surface area contributed by atoms with Gasteiger partial charge in [-0.1, -0.05) is 24.3 Å². The van der Waals surface area contributed by atoms with Gasteiger partial charge in [-0.3, -0.25) is 0 Å². The van der Waals surface area contributed by atoms with E-state index < -0.39 is 15.8 Å². The van der Waals surface area contributed by atoms with Gasteiger partial charge in [-0.25, -0.2) is 17.5 Å². The van der Waals surface area contributed by atoms with Crippen LogP contribution in [0, 0.1) is 17.1 Å². The maximum atomic E-state index is 13.5. The summed E-state index contributed by atoms with van der Waals surface area (Å²) in [6.45, 7) is 0.0301. The van der Waals surface area contributed by atoms with Crippen molar-refractivity contribution in [2.75, 3.05) is 0 Å². The average molecular weight is 290 g/mol. The van der Waals surface area contributed by atoms with E-state index in [9.17, 15) is 12.8 Å². The molecule has 0 amide bonds. The summed E-state index contributed by atoms with van der Waals surface area (Å²) in [6, 6.07) is 13.6. The highest BCUT2D eigenvalue weighted by Crippen LogP contribution is 2.13. The van der Waals surface area contributed by atoms with Crippen LogP contribution in [0.1, 0.15) is 11.1 Å². The normalized spacial score (nSPS) is 11.0. The molecule has 2 aromatic rings. The highest BCUT2D eigenvalue weighted by Gasteiger charge is 2.17. The Morgan fingerprint density at radius 2 is 1.75 bits per heavy atom. The summed E-state index contributed by atoms with van der Waals surface area (Å²) in [5.74, 6) is -0.792. The minimum Gasteiger partial charge on any atom is -0.207 e. The van der Waals surface area contributed by atoms with E-state index in [1.165, 1.54) is 18.2 Å². The minimum atomic E-state index is -3.89. The fraction of sp³-hybridized carbons (Fsp3) is 0.0714. The van der Waals surface area contributed by atoms with E-state index in [2.05, 4.69) is 4.72 Å². The first kappa shape index (κ1) is 14.2. The first-order valence-electron chi connectivity index (χ1n) is 5.76. The monoisotopic (exact) mass is 290 g/mol. The molecular formula is C14H11FN2O2S. The van der Waals surface area contributed by atoms with Crippen LogP contribution < -0.4 is 4.72 Å². The van der Waals surface area contributed by atoms with Crippen molar-refractivity contribution >= 4 is 10.0 Å². The van der Waals surface area contributed by atoms with Gasteiger partial charge < -0.3 is 0 Å². The number of sulfonamides is 1. The Kier molecular flexibility index (Phi) is 4.13. The van der Waals surface area contributed by atoms with E-state index in [1.54, 1.807) is 24.3 Å². The molecule has 0 atom stereocenters. The maximum Gasteiger partial charge on any atom is 0.243 e. The molecule has 0 bridgehead atoms. The molecule has 1 N–H and O–H groups in total. The topological polar surface area (TPSA) is 70.0 Å². The molecule has 0 saturated heterocycles. The van der Waals surface area contributed by atoms with Crippen molar-refractivity contribution < 1.29 is 12.8 Å². The predicted octanol–water partition coefficient (Wildman–Crippen LogP) is 2.18. The zero-order chi connectivity index (χ0) is 14.6. The fourth-order valence-electron chi connectivity index (χ4n) is 1.62. The molecule has 102 valence electrons. The van der Waals surface area contributed by atoms with Gasteiger partial charge in [0.15, 0.2) is 0 Å². The van der Waals surface area contributed by atoms with E-state index in [0.29, 0.717) is 11.1 Å². The number of benzene rings is 2. The quantitative estimate of drug-likeness (QED) is 0.938. The summed E-state index contributed by atoms with van der Waals surface area (Å²) in [5, 5.41) is 8.66. The molecule has 0 aliphatic carbocycles. The van der Waals surface area contributed by atoms with Crippen LogP contribution in [-0.2, 0) is 16.6 Å². The first-order valence-corrected chi connectivity index (χ1v) is 7.24. The third kappa shape index (κ3) is 3.20. The van der Waals surface area contributed by atoms with Gasteiger partial charge >= 0.3 is 0 Å². The first-order chi connectivity index (χ1) is 9.53. The van der Waals surface area contributed by atoms with Crippen molar-refractivity contribution in [3.8, 4) is 6.07 Å². The molecule has 2 aromatic carbocycles. The van der Waals surface area contributed by atoms with Crippen molar-refractivity contribution in [1.82, 2.24) is 4.72 Å². The summed E-state index contributed by atoms with van der Waals surface area (Å²) in [6.07, 6.45) is 0. The largest absolute Gasteiger partial charge is 0.243 e. The highest BCUT2D eigenvalue weighted by molar-refractivity contribution is 7.89. The number of hydrogen-bond donors (Lipinski definition) is 1. The second kappa shape index (κ2) is 5.82. The Balaban J connectivity index is 2.13. The third-order valence-electron chi connectivity index (χ3n) is 2.68. The summed E-state index contributed by atoms with van der Waals surface area (Å²) in [5.41, 5.74) is 1.18. The molecule has 0 heterocycles. The third-order valence-corrected chi connectivity index (χ3v) is 4.11. The maximum absolute atomic E-state index is 13.5. The van der Waals surface area contributed by atoms with E-state index in [-0.39, 0.29) is 11.4 Å². The summed E-state index contributed by atoms with van der Waals surface area (Å²) in [7, 11) is -3.89. The Morgan fingerprint density at radius 1 is 1.10 bits per heavy atom. The van der Waals surface area contributed by atoms with Gasteiger partial charge in [0.1, 0.15) is 10.7 Å². The number of hydrogen-bond acceptors (Lipinski definition) is 3. The van der Waals surface area contributed by atoms with Gasteiger partial charge in [-0.15, -0.1) is 0 Å². The number of halogens is 1. The van der Waals surface area contributed by atoms with Crippen molar-refractivity contribution in [2.45, 2.75) is 11.4 Å². The van der Waals surface area contributed by atoms with E-state index in [1.807, 2.05) is 6.07 Å². The average Bonchev–Trinajstić information content (AvgIpc) is 2.46. The molecule has 0 fully saturated rings. The van der Waals surface area contributed by atoms with Crippen LogP contribution >= 0.6 is 0 Å². The van der Waals surface area contributed by atoms with Crippen LogP contribution in [0.15, 0.2) is 53.4 Å². The van der Waals surface area contributed by atoms with Gasteiger partial charge in [0.05, 0.1) is 11.6 Å². The van der Waals surface area contributed by atoms with Gasteiger partial charge in [0.2, 0.25) is 10.0 Å². The number of rotatable bonds is 4. The summed E-state index contributed by atoms with van der Waals surface area (Å²) in [4.78, 5) is -0.381. The Morgan fingerprint density at radius 3 is 2.35 bits per heavy atom. The predicted molar refractivity (Wildman–Crippen MR) is 71.6 cm³/mol. The number of nitrogens with zero attached hydrogens (tertiary/aromatic N) is 1. The SMILES string of the molecule is N#Cc1ccc(CNS(=O)(=O)c2ccccc2F)cc1. The molecule has 0 unspecified atom stereocenters. The molecule has 6 heteroatoms. The zero-order valence-corrected chi connectivity index (χ0v) is 11.2. The lowest BCUT2D eigenvalue weighted by Gasteiger charge is -2.07. The molecule has 0 saturated carbocycles. The van der Waals surface area contributed by atoms with Crippen LogP contribution in [0.4, 0.5) is 4.39 Å². The van der Waals surface area contributed by atoms with Crippen molar-refractivity contribution in [1.29, 1.82) is 5.26 Å². The lowest BCUT2D eigenvalue weighted by molar-refractivity contribution is 0.557. The lowest BCUT2D eigenvalue weighted by atomic mass is 10.1. The molecule has 0 radical (unpaired) electrons. The van der Waals surface area contributed by atoms with Gasteiger partial charge in [-0.05, 0) is 29.8 Å². The fourth-order valence-corrected chi connectivity index (χ4v) is 2.71. The molecule has 20 heavy (non-hydrogen) atoms. The van der Waals surface area contributed by atoms with Crippen LogP contribution in [0.3, 0.4) is 0 Å². The van der Waals surface area contributed by atoms with Crippen molar-refractivity contribution in [3.05, 3.63) is 65.5 Å². The van der Waals surface area contributed by atoms with E-state index >= 15 is 0 Å². The van der Waals surface area contributed by atoms with Gasteiger partial charge in [0, 0.05) is 6.54 Å². The second-order valence-electron chi connectivity index (χ2n) is 4.06. The summed E-state index contributed by atoms with van der Waals surface area (Å²) < 4.78 is 39.7. The van der Waals surface area contributed by atoms with Crippen molar-refractivity contribution in [2.24, 2.45) is 0 Å². The van der Waals surface area contributed by atoms with Crippen molar-refractivity contribution in [3.63, 3.8) is 0 Å². The smallest absolute Gasteiger partial charge is 0.207 e. The standard InChI is InChI=1S/C14H11FN2O2S/c15-13-3-1-2-4-14(13)20(18,19)17-10-12-7-5-11(9-16)6-8-12/h1-8,17H,10H2. The van der Waals surface area contributed by atoms with Gasteiger partial charge in [0.25, 0.3) is 0 Å². The molecule has 0 aliphatic rings. The van der Waals surface area contributed by atoms with Crippen LogP contribution in [0.25, 0.3) is 0 Å². The Hall–Kier alpha value is -2.23. The van der Waals surface area contributed by atoms with E-state index in [0.717, 1.165) is 6.07 Å². The van der Waals surface area contributed by atoms with Gasteiger partial charge in [-0.2, -0.15) is 5.26 Å². The second-order valence-corrected chi connectivity index (χ2v) is 5.80. The molecular weight excluding hydrogens is 279 g/mol. The van der Waals surface area contributed by atoms with Crippen LogP contribution in [-0.4, -0.2) is 8.42 Å². The lowest BCUT2D eigenvalue weighted by Crippen LogP contribution is -2.24. The number of nitriles is 1. The van der Waals surface area contributed by atoms with E-state index in [4.69, 9.17) is 5.26 Å². The van der Waals surface area contributed by atoms with Crippen LogP contribution in [0.2, 0.25) is 0 Å². The Bertz CT molecular complexity index is 749. The molecule has 0 aliphatic heterocycles. The number of nitrogens with one attached hydrogen (secondary N) is 1. The highest BCUT2D eigenvalue weighted by atomic mass is 32.2.